The molecule has 1 unspecified atom stereocenters. The van der Waals surface area contributed by atoms with Gasteiger partial charge in [0.1, 0.15) is 25.4 Å². The van der Waals surface area contributed by atoms with Gasteiger partial charge in [-0.05, 0) is 0 Å². The first-order chi connectivity index (χ1) is 15.2. The van der Waals surface area contributed by atoms with E-state index in [0.29, 0.717) is 12.3 Å². The second kappa shape index (κ2) is 8.83. The number of hydrogen-bond acceptors (Lipinski definition) is 9. The van der Waals surface area contributed by atoms with Crippen molar-refractivity contribution in [1.29, 1.82) is 0 Å². The minimum atomic E-state index is -1.04. The number of carbonyl (C=O) groups is 3. The number of ketones is 1. The molecule has 1 aromatic rings. The van der Waals surface area contributed by atoms with Gasteiger partial charge in [0, 0.05) is 34.8 Å². The third kappa shape index (κ3) is 4.14. The Morgan fingerprint density at radius 2 is 2.12 bits per heavy atom. The molecular weight excluding hydrogens is 454 g/mol. The van der Waals surface area contributed by atoms with Crippen LogP contribution in [0.25, 0.3) is 0 Å². The van der Waals surface area contributed by atoms with Crippen molar-refractivity contribution in [3.63, 3.8) is 0 Å². The molecule has 0 bridgehead atoms. The van der Waals surface area contributed by atoms with Crippen LogP contribution in [0.5, 0.6) is 0 Å². The summed E-state index contributed by atoms with van der Waals surface area (Å²) >= 11 is 2.69. The van der Waals surface area contributed by atoms with Crippen molar-refractivity contribution in [3.05, 3.63) is 22.2 Å². The first-order valence-corrected chi connectivity index (χ1v) is 12.2. The number of carboxylic acid groups (broad SMARTS) is 1. The number of hydrogen-bond donors (Lipinski definition) is 3. The third-order valence-corrected chi connectivity index (χ3v) is 8.43. The van der Waals surface area contributed by atoms with Crippen LogP contribution in [0.4, 0.5) is 5.13 Å². The maximum Gasteiger partial charge on any atom is 0.332 e. The van der Waals surface area contributed by atoms with E-state index >= 15 is 0 Å². The number of thiazole rings is 1. The average Bonchev–Trinajstić information content (AvgIpc) is 3.37. The minimum absolute atomic E-state index is 0.0846. The number of quaternary nitrogens is 1. The van der Waals surface area contributed by atoms with E-state index in [1.54, 1.807) is 5.38 Å². The highest BCUT2D eigenvalue weighted by Crippen LogP contribution is 2.46. The van der Waals surface area contributed by atoms with Crippen LogP contribution in [0.3, 0.4) is 0 Å². The number of Topliss-reactive ketones (excluding diaryl/α,β-unsaturated/α-hetero) is 1. The molecule has 3 aliphatic rings. The zero-order valence-corrected chi connectivity index (χ0v) is 19.5. The summed E-state index contributed by atoms with van der Waals surface area (Å²) in [6.45, 7) is 2.69. The van der Waals surface area contributed by atoms with Gasteiger partial charge in [-0.2, -0.15) is 11.8 Å². The molecule has 10 nitrogen and oxygen atoms in total. The SMILES string of the molecule is CO/N=C(\C(=O)N[C@@H]1C(=O)C2C(C(=O)O)=C(C[N+]3(C)CCCC3)CS[C@@H]21)c1csc(N)n1. The summed E-state index contributed by atoms with van der Waals surface area (Å²) < 4.78 is 0.812. The second-order valence-electron chi connectivity index (χ2n) is 8.55. The first kappa shape index (κ1) is 22.7. The van der Waals surface area contributed by atoms with Gasteiger partial charge in [-0.1, -0.05) is 5.16 Å². The lowest BCUT2D eigenvalue weighted by molar-refractivity contribution is -0.893. The van der Waals surface area contributed by atoms with E-state index < -0.39 is 23.8 Å². The monoisotopic (exact) mass is 480 g/mol. The Hall–Kier alpha value is -2.44. The molecule has 1 saturated heterocycles. The van der Waals surface area contributed by atoms with Gasteiger partial charge in [-0.3, -0.25) is 9.59 Å². The Labute approximate surface area is 193 Å². The van der Waals surface area contributed by atoms with Crippen molar-refractivity contribution in [1.82, 2.24) is 10.3 Å². The molecule has 0 radical (unpaired) electrons. The number of thioether (sulfide) groups is 1. The Bertz CT molecular complexity index is 1010. The van der Waals surface area contributed by atoms with Crippen molar-refractivity contribution in [2.24, 2.45) is 11.1 Å². The van der Waals surface area contributed by atoms with E-state index in [1.807, 2.05) is 0 Å². The van der Waals surface area contributed by atoms with E-state index in [1.165, 1.54) is 18.9 Å². The Kier molecular flexibility index (Phi) is 6.28. The number of aromatic nitrogens is 1. The lowest BCUT2D eigenvalue weighted by Crippen LogP contribution is -2.66. The number of nitrogen functional groups attached to an aromatic ring is 1. The molecule has 3 heterocycles. The summed E-state index contributed by atoms with van der Waals surface area (Å²) in [6.07, 6.45) is 2.27. The van der Waals surface area contributed by atoms with Crippen LogP contribution < -0.4 is 11.1 Å². The number of rotatable bonds is 7. The number of nitrogens with one attached hydrogen (secondary N) is 1. The van der Waals surface area contributed by atoms with E-state index in [-0.39, 0.29) is 33.1 Å². The van der Waals surface area contributed by atoms with Crippen LogP contribution in [0.1, 0.15) is 18.5 Å². The smallest absolute Gasteiger partial charge is 0.332 e. The van der Waals surface area contributed by atoms with Gasteiger partial charge in [0.2, 0.25) is 0 Å². The van der Waals surface area contributed by atoms with Crippen molar-refractivity contribution < 1.29 is 28.8 Å². The predicted octanol–water partition coefficient (Wildman–Crippen LogP) is 0.497. The van der Waals surface area contributed by atoms with E-state index in [9.17, 15) is 19.5 Å². The fourth-order valence-electron chi connectivity index (χ4n) is 4.77. The summed E-state index contributed by atoms with van der Waals surface area (Å²) in [5.41, 5.74) is 6.87. The number of carboxylic acids is 1. The molecule has 1 saturated carbocycles. The number of likely N-dealkylation sites (N-methyl/N-ethyl adjacent to an activating group) is 1. The molecule has 1 aromatic heterocycles. The number of nitrogens with zero attached hydrogens (tertiary/aromatic N) is 3. The molecule has 0 spiro atoms. The van der Waals surface area contributed by atoms with Crippen LogP contribution in [0.2, 0.25) is 0 Å². The van der Waals surface area contributed by atoms with Gasteiger partial charge < -0.3 is 25.5 Å². The normalized spacial score (nSPS) is 27.0. The van der Waals surface area contributed by atoms with E-state index in [2.05, 4.69) is 22.5 Å². The zero-order chi connectivity index (χ0) is 23.0. The number of fused-ring (bicyclic) bond motifs is 1. The van der Waals surface area contributed by atoms with Crippen molar-refractivity contribution in [2.75, 3.05) is 45.3 Å². The van der Waals surface area contributed by atoms with Crippen LogP contribution in [0, 0.1) is 5.92 Å². The predicted molar refractivity (Wildman–Crippen MR) is 121 cm³/mol. The maximum atomic E-state index is 13.0. The molecule has 32 heavy (non-hydrogen) atoms. The zero-order valence-electron chi connectivity index (χ0n) is 17.9. The maximum absolute atomic E-state index is 13.0. The Morgan fingerprint density at radius 1 is 1.41 bits per heavy atom. The fourth-order valence-corrected chi connectivity index (χ4v) is 6.82. The largest absolute Gasteiger partial charge is 0.478 e. The summed E-state index contributed by atoms with van der Waals surface area (Å²) in [6, 6.07) is -0.789. The molecular formula is C20H26N5O5S2+. The van der Waals surface area contributed by atoms with Gasteiger partial charge in [-0.15, -0.1) is 11.3 Å². The van der Waals surface area contributed by atoms with Crippen LogP contribution in [-0.2, 0) is 19.2 Å². The van der Waals surface area contributed by atoms with Gasteiger partial charge in [-0.25, -0.2) is 9.78 Å². The first-order valence-electron chi connectivity index (χ1n) is 10.3. The molecule has 0 aromatic carbocycles. The number of likely N-dealkylation sites (tertiary alicyclic amines) is 1. The minimum Gasteiger partial charge on any atom is -0.478 e. The number of aliphatic carboxylic acids is 1. The van der Waals surface area contributed by atoms with Crippen LogP contribution in [0.15, 0.2) is 21.7 Å². The molecule has 172 valence electrons. The summed E-state index contributed by atoms with van der Waals surface area (Å²) in [7, 11) is 3.45. The van der Waals surface area contributed by atoms with Crippen LogP contribution in [-0.4, -0.2) is 88.8 Å². The van der Waals surface area contributed by atoms with E-state index in [4.69, 9.17) is 10.6 Å². The van der Waals surface area contributed by atoms with Gasteiger partial charge in [0.25, 0.3) is 5.91 Å². The van der Waals surface area contributed by atoms with Gasteiger partial charge in [0.05, 0.1) is 31.6 Å². The topological polar surface area (TPSA) is 144 Å². The Morgan fingerprint density at radius 3 is 2.72 bits per heavy atom. The molecule has 3 atom stereocenters. The van der Waals surface area contributed by atoms with E-state index in [0.717, 1.165) is 47.3 Å². The molecule has 2 fully saturated rings. The fraction of sp³-hybridized carbons (Fsp3) is 0.550. The lowest BCUT2D eigenvalue weighted by atomic mass is 9.71. The highest BCUT2D eigenvalue weighted by molar-refractivity contribution is 8.00. The Balaban J connectivity index is 1.52. The van der Waals surface area contributed by atoms with Crippen LogP contribution >= 0.6 is 23.1 Å². The second-order valence-corrected chi connectivity index (χ2v) is 10.6. The van der Waals surface area contributed by atoms with Gasteiger partial charge in [0.15, 0.2) is 16.6 Å². The number of amides is 1. The van der Waals surface area contributed by atoms with Crippen molar-refractivity contribution in [3.8, 4) is 0 Å². The number of oxime groups is 1. The molecule has 12 heteroatoms. The number of carbonyl (C=O) groups excluding carboxylic acids is 2. The summed E-state index contributed by atoms with van der Waals surface area (Å²) in [5.74, 6) is -2.12. The van der Waals surface area contributed by atoms with Crippen molar-refractivity contribution >= 4 is 51.6 Å². The third-order valence-electron chi connectivity index (χ3n) is 6.31. The lowest BCUT2D eigenvalue weighted by Gasteiger charge is -2.46. The standard InChI is InChI=1S/C20H25N5O5S2/c1-25(5-3-4-6-25)7-10-8-31-17-13(12(10)19(28)29)16(26)15(17)23-18(27)14(24-30-2)11-9-32-20(21)22-11/h9,13,15,17H,3-8H2,1-2H3,(H3-,21,22,23,27,28,29)/p+1/b24-14-/t13?,15-,17+/m1/s1. The highest BCUT2D eigenvalue weighted by atomic mass is 32.2. The van der Waals surface area contributed by atoms with Gasteiger partial charge >= 0.3 is 5.97 Å². The molecule has 1 aliphatic carbocycles. The average molecular weight is 481 g/mol. The molecule has 4 rings (SSSR count). The van der Waals surface area contributed by atoms with Crippen molar-refractivity contribution in [2.45, 2.75) is 24.1 Å². The number of nitrogens with two attached hydrogens (primary N) is 1. The number of anilines is 1. The molecule has 2 aliphatic heterocycles. The quantitative estimate of drug-likeness (QED) is 0.291. The summed E-state index contributed by atoms with van der Waals surface area (Å²) in [4.78, 5) is 46.8. The molecule has 1 amide bonds. The molecule has 4 N–H and O–H groups in total. The highest BCUT2D eigenvalue weighted by Gasteiger charge is 2.57. The summed E-state index contributed by atoms with van der Waals surface area (Å²) in [5, 5.41) is 17.9.